The average molecular weight is 387 g/mol. The lowest BCUT2D eigenvalue weighted by molar-refractivity contribution is 0.0600. The third kappa shape index (κ3) is 3.66. The fourth-order valence-corrected chi connectivity index (χ4v) is 2.96. The van der Waals surface area contributed by atoms with Crippen molar-refractivity contribution in [3.05, 3.63) is 77.9 Å². The van der Waals surface area contributed by atoms with Gasteiger partial charge in [0.25, 0.3) is 5.91 Å². The van der Waals surface area contributed by atoms with E-state index in [2.05, 4.69) is 20.0 Å². The quantitative estimate of drug-likeness (QED) is 0.363. The predicted molar refractivity (Wildman–Crippen MR) is 109 cm³/mol. The summed E-state index contributed by atoms with van der Waals surface area (Å²) in [6, 6.07) is 18.4. The Labute approximate surface area is 166 Å². The molecule has 0 unspecified atom stereocenters. The summed E-state index contributed by atoms with van der Waals surface area (Å²) in [4.78, 5) is 31.7. The van der Waals surface area contributed by atoms with Crippen molar-refractivity contribution in [3.8, 4) is 17.1 Å². The zero-order chi connectivity index (χ0) is 20.4. The second kappa shape index (κ2) is 7.47. The number of ether oxygens (including phenoxy) is 1. The molecule has 0 aliphatic carbocycles. The highest BCUT2D eigenvalue weighted by Gasteiger charge is 2.13. The molecule has 0 saturated heterocycles. The van der Waals surface area contributed by atoms with Gasteiger partial charge in [-0.1, -0.05) is 12.1 Å². The van der Waals surface area contributed by atoms with Gasteiger partial charge >= 0.3 is 5.97 Å². The van der Waals surface area contributed by atoms with Crippen LogP contribution >= 0.6 is 0 Å². The lowest BCUT2D eigenvalue weighted by Gasteiger charge is -2.08. The molecular weight excluding hydrogens is 370 g/mol. The number of hydrogen-bond acceptors (Lipinski definition) is 5. The molecule has 0 spiro atoms. The van der Waals surface area contributed by atoms with Gasteiger partial charge in [0.15, 0.2) is 0 Å². The van der Waals surface area contributed by atoms with Crippen molar-refractivity contribution < 1.29 is 19.4 Å². The lowest BCUT2D eigenvalue weighted by atomic mass is 10.1. The number of hydrogen-bond donors (Lipinski definition) is 3. The van der Waals surface area contributed by atoms with E-state index < -0.39 is 5.97 Å². The van der Waals surface area contributed by atoms with Gasteiger partial charge in [-0.2, -0.15) is 0 Å². The number of amides is 1. The van der Waals surface area contributed by atoms with Crippen LogP contribution in [0.2, 0.25) is 0 Å². The second-order valence-electron chi connectivity index (χ2n) is 6.36. The van der Waals surface area contributed by atoms with Crippen LogP contribution in [-0.2, 0) is 4.74 Å². The molecule has 0 radical (unpaired) electrons. The number of esters is 1. The Balaban J connectivity index is 1.58. The molecule has 0 saturated carbocycles. The predicted octanol–water partition coefficient (Wildman–Crippen LogP) is 3.97. The summed E-state index contributed by atoms with van der Waals surface area (Å²) < 4.78 is 4.65. The fourth-order valence-electron chi connectivity index (χ4n) is 2.96. The highest BCUT2D eigenvalue weighted by Crippen LogP contribution is 2.31. The summed E-state index contributed by atoms with van der Waals surface area (Å²) >= 11 is 0. The molecule has 0 atom stereocenters. The highest BCUT2D eigenvalue weighted by atomic mass is 16.5. The van der Waals surface area contributed by atoms with E-state index >= 15 is 0 Å². The van der Waals surface area contributed by atoms with Crippen molar-refractivity contribution in [2.45, 2.75) is 0 Å². The monoisotopic (exact) mass is 387 g/mol. The Morgan fingerprint density at radius 1 is 1.00 bits per heavy atom. The van der Waals surface area contributed by atoms with E-state index in [-0.39, 0.29) is 11.7 Å². The smallest absolute Gasteiger partial charge is 0.337 e. The van der Waals surface area contributed by atoms with E-state index in [0.717, 1.165) is 11.0 Å². The van der Waals surface area contributed by atoms with Crippen LogP contribution in [0.4, 0.5) is 5.69 Å². The highest BCUT2D eigenvalue weighted by molar-refractivity contribution is 6.05. The second-order valence-corrected chi connectivity index (χ2v) is 6.36. The number of carbonyl (C=O) groups excluding carboxylic acids is 2. The summed E-state index contributed by atoms with van der Waals surface area (Å²) in [6.07, 6.45) is 0. The van der Waals surface area contributed by atoms with Crippen LogP contribution in [0.25, 0.3) is 22.4 Å². The number of nitrogens with zero attached hydrogens (tertiary/aromatic N) is 1. The number of phenols is 1. The molecule has 1 aromatic heterocycles. The molecule has 1 amide bonds. The van der Waals surface area contributed by atoms with Gasteiger partial charge in [0.05, 0.1) is 29.3 Å². The van der Waals surface area contributed by atoms with Crippen molar-refractivity contribution >= 4 is 28.6 Å². The minimum Gasteiger partial charge on any atom is -0.507 e. The number of carbonyl (C=O) groups is 2. The van der Waals surface area contributed by atoms with Gasteiger partial charge in [-0.15, -0.1) is 0 Å². The van der Waals surface area contributed by atoms with Crippen LogP contribution in [0.1, 0.15) is 20.7 Å². The Hall–Kier alpha value is -4.13. The number of nitrogens with one attached hydrogen (secondary N) is 2. The van der Waals surface area contributed by atoms with Gasteiger partial charge < -0.3 is 20.1 Å². The van der Waals surface area contributed by atoms with Crippen LogP contribution in [0.5, 0.6) is 5.75 Å². The summed E-state index contributed by atoms with van der Waals surface area (Å²) in [7, 11) is 1.30. The minimum atomic E-state index is -0.467. The molecule has 4 rings (SSSR count). The van der Waals surface area contributed by atoms with E-state index in [4.69, 9.17) is 0 Å². The zero-order valence-corrected chi connectivity index (χ0v) is 15.5. The summed E-state index contributed by atoms with van der Waals surface area (Å²) in [5, 5.41) is 13.0. The van der Waals surface area contributed by atoms with Crippen LogP contribution < -0.4 is 5.32 Å². The molecule has 29 heavy (non-hydrogen) atoms. The maximum absolute atomic E-state index is 12.5. The third-order valence-electron chi connectivity index (χ3n) is 4.47. The molecule has 3 N–H and O–H groups in total. The van der Waals surface area contributed by atoms with E-state index in [1.54, 1.807) is 24.3 Å². The Bertz CT molecular complexity index is 1180. The van der Waals surface area contributed by atoms with Crippen molar-refractivity contribution in [2.24, 2.45) is 0 Å². The third-order valence-corrected chi connectivity index (χ3v) is 4.47. The number of benzene rings is 3. The topological polar surface area (TPSA) is 104 Å². The molecule has 0 aliphatic heterocycles. The Morgan fingerprint density at radius 3 is 2.45 bits per heavy atom. The van der Waals surface area contributed by atoms with Gasteiger partial charge in [0.1, 0.15) is 11.6 Å². The number of anilines is 1. The van der Waals surface area contributed by atoms with Crippen molar-refractivity contribution in [1.29, 1.82) is 0 Å². The van der Waals surface area contributed by atoms with Crippen LogP contribution in [-0.4, -0.2) is 34.1 Å². The largest absolute Gasteiger partial charge is 0.507 e. The number of aromatic amines is 1. The molecule has 3 aromatic carbocycles. The number of fused-ring (bicyclic) bond motifs is 1. The standard InChI is InChI=1S/C22H17N3O4/c1-29-22(28)14-8-6-13(7-9-14)21(27)23-15-10-11-19(26)16(12-15)20-24-17-4-2-3-5-18(17)25-20/h2-12,26H,1H3,(H,23,27)(H,24,25). The number of H-pyrrole nitrogens is 1. The van der Waals surface area contributed by atoms with Crippen LogP contribution in [0.3, 0.4) is 0 Å². The molecule has 7 heteroatoms. The zero-order valence-electron chi connectivity index (χ0n) is 15.5. The number of para-hydroxylation sites is 2. The number of aromatic hydroxyl groups is 1. The maximum atomic E-state index is 12.5. The molecule has 0 aliphatic rings. The molecule has 4 aromatic rings. The van der Waals surface area contributed by atoms with Crippen molar-refractivity contribution in [3.63, 3.8) is 0 Å². The van der Waals surface area contributed by atoms with Gasteiger partial charge in [-0.3, -0.25) is 4.79 Å². The van der Waals surface area contributed by atoms with Crippen LogP contribution in [0.15, 0.2) is 66.7 Å². The van der Waals surface area contributed by atoms with Gasteiger partial charge in [0, 0.05) is 11.3 Å². The van der Waals surface area contributed by atoms with Gasteiger partial charge in [0.2, 0.25) is 0 Å². The molecule has 0 bridgehead atoms. The van der Waals surface area contributed by atoms with Gasteiger partial charge in [-0.05, 0) is 54.6 Å². The summed E-state index contributed by atoms with van der Waals surface area (Å²) in [5.41, 5.74) is 3.35. The van der Waals surface area contributed by atoms with Crippen molar-refractivity contribution in [1.82, 2.24) is 9.97 Å². The van der Waals surface area contributed by atoms with Gasteiger partial charge in [-0.25, -0.2) is 9.78 Å². The van der Waals surface area contributed by atoms with E-state index in [1.807, 2.05) is 24.3 Å². The Morgan fingerprint density at radius 2 is 1.72 bits per heavy atom. The number of aromatic nitrogens is 2. The summed E-state index contributed by atoms with van der Waals surface area (Å²) in [6.45, 7) is 0. The first-order valence-electron chi connectivity index (χ1n) is 8.83. The number of phenolic OH excluding ortho intramolecular Hbond substituents is 1. The number of methoxy groups -OCH3 is 1. The molecule has 144 valence electrons. The lowest BCUT2D eigenvalue weighted by Crippen LogP contribution is -2.12. The molecular formula is C22H17N3O4. The average Bonchev–Trinajstić information content (AvgIpc) is 3.18. The number of imidazole rings is 1. The maximum Gasteiger partial charge on any atom is 0.337 e. The SMILES string of the molecule is COC(=O)c1ccc(C(=O)Nc2ccc(O)c(-c3nc4ccccc4[nH]3)c2)cc1. The van der Waals surface area contributed by atoms with Crippen molar-refractivity contribution in [2.75, 3.05) is 12.4 Å². The van der Waals surface area contributed by atoms with E-state index in [1.165, 1.54) is 25.3 Å². The first-order chi connectivity index (χ1) is 14.0. The minimum absolute atomic E-state index is 0.0458. The number of rotatable bonds is 4. The Kier molecular flexibility index (Phi) is 4.70. The molecule has 1 heterocycles. The van der Waals surface area contributed by atoms with E-state index in [0.29, 0.717) is 28.2 Å². The molecule has 0 fully saturated rings. The van der Waals surface area contributed by atoms with E-state index in [9.17, 15) is 14.7 Å². The summed E-state index contributed by atoms with van der Waals surface area (Å²) in [5.74, 6) is -0.264. The normalized spacial score (nSPS) is 10.7. The first-order valence-corrected chi connectivity index (χ1v) is 8.83. The van der Waals surface area contributed by atoms with Crippen LogP contribution in [0, 0.1) is 0 Å². The first kappa shape index (κ1) is 18.2. The molecule has 7 nitrogen and oxygen atoms in total. The fraction of sp³-hybridized carbons (Fsp3) is 0.0455.